The van der Waals surface area contributed by atoms with Crippen molar-refractivity contribution in [2.45, 2.75) is 5.33 Å². The Morgan fingerprint density at radius 1 is 1.15 bits per heavy atom. The molecule has 1 aromatic carbocycles. The predicted octanol–water partition coefficient (Wildman–Crippen LogP) is 3.12. The lowest BCUT2D eigenvalue weighted by atomic mass is 10.2. The molecule has 0 fully saturated rings. The minimum atomic E-state index is 0.622. The molecule has 2 rings (SSSR count). The van der Waals surface area contributed by atoms with Gasteiger partial charge in [-0.1, -0.05) is 22.0 Å². The Hall–Kier alpha value is -0.220. The van der Waals surface area contributed by atoms with E-state index in [0.29, 0.717) is 13.2 Å². The maximum absolute atomic E-state index is 5.54. The first-order valence-electron chi connectivity index (χ1n) is 3.96. The van der Waals surface area contributed by atoms with Gasteiger partial charge < -0.3 is 9.47 Å². The Bertz CT molecular complexity index is 326. The number of rotatable bonds is 1. The minimum Gasteiger partial charge on any atom is -0.486 e. The summed E-state index contributed by atoms with van der Waals surface area (Å²) in [6, 6.07) is 4.00. The molecule has 0 unspecified atom stereocenters. The fourth-order valence-electron chi connectivity index (χ4n) is 1.26. The van der Waals surface area contributed by atoms with Crippen molar-refractivity contribution in [3.05, 3.63) is 22.2 Å². The van der Waals surface area contributed by atoms with E-state index in [2.05, 4.69) is 31.9 Å². The van der Waals surface area contributed by atoms with Gasteiger partial charge in [-0.3, -0.25) is 0 Å². The summed E-state index contributed by atoms with van der Waals surface area (Å²) in [4.78, 5) is 0. The van der Waals surface area contributed by atoms with Crippen molar-refractivity contribution in [2.24, 2.45) is 0 Å². The highest BCUT2D eigenvalue weighted by Crippen LogP contribution is 2.40. The van der Waals surface area contributed by atoms with E-state index in [-0.39, 0.29) is 0 Å². The summed E-state index contributed by atoms with van der Waals surface area (Å²) in [5.41, 5.74) is 1.12. The van der Waals surface area contributed by atoms with Crippen molar-refractivity contribution in [3.8, 4) is 11.5 Å². The molecule has 0 radical (unpaired) electrons. The van der Waals surface area contributed by atoms with E-state index < -0.39 is 0 Å². The first-order valence-corrected chi connectivity index (χ1v) is 5.87. The summed E-state index contributed by atoms with van der Waals surface area (Å²) >= 11 is 6.84. The Morgan fingerprint density at radius 3 is 2.54 bits per heavy atom. The number of ether oxygens (including phenoxy) is 2. The largest absolute Gasteiger partial charge is 0.486 e. The van der Waals surface area contributed by atoms with Crippen LogP contribution in [0.25, 0.3) is 0 Å². The average molecular weight is 308 g/mol. The molecule has 1 aromatic rings. The van der Waals surface area contributed by atoms with Crippen LogP contribution >= 0.6 is 31.9 Å². The normalized spacial score (nSPS) is 14.3. The molecule has 0 bridgehead atoms. The van der Waals surface area contributed by atoms with Crippen LogP contribution in [-0.4, -0.2) is 13.2 Å². The Morgan fingerprint density at radius 2 is 1.85 bits per heavy atom. The van der Waals surface area contributed by atoms with E-state index in [1.807, 2.05) is 12.1 Å². The second kappa shape index (κ2) is 3.88. The highest BCUT2D eigenvalue weighted by atomic mass is 79.9. The van der Waals surface area contributed by atoms with Crippen LogP contribution < -0.4 is 9.47 Å². The van der Waals surface area contributed by atoms with Gasteiger partial charge in [0.25, 0.3) is 0 Å². The molecule has 0 aliphatic carbocycles. The Kier molecular flexibility index (Phi) is 2.79. The van der Waals surface area contributed by atoms with Crippen LogP contribution in [0.2, 0.25) is 0 Å². The van der Waals surface area contributed by atoms with Crippen molar-refractivity contribution < 1.29 is 9.47 Å². The van der Waals surface area contributed by atoms with E-state index >= 15 is 0 Å². The fraction of sp³-hybridized carbons (Fsp3) is 0.333. The van der Waals surface area contributed by atoms with E-state index in [1.54, 1.807) is 0 Å². The second-order valence-corrected chi connectivity index (χ2v) is 4.11. The SMILES string of the molecule is BrCc1ccc(Br)c2c1OCCO2. The third-order valence-corrected chi connectivity index (χ3v) is 3.09. The Balaban J connectivity index is 2.52. The fourth-order valence-corrected chi connectivity index (χ4v) is 2.13. The van der Waals surface area contributed by atoms with Crippen LogP contribution in [0, 0.1) is 0 Å². The number of benzene rings is 1. The zero-order valence-corrected chi connectivity index (χ0v) is 10.0. The number of halogens is 2. The molecular weight excluding hydrogens is 300 g/mol. The smallest absolute Gasteiger partial charge is 0.175 e. The van der Waals surface area contributed by atoms with Gasteiger partial charge in [0.05, 0.1) is 4.47 Å². The molecular formula is C9H8Br2O2. The molecule has 0 atom stereocenters. The van der Waals surface area contributed by atoms with Gasteiger partial charge in [-0.15, -0.1) is 0 Å². The van der Waals surface area contributed by atoms with Gasteiger partial charge in [0.1, 0.15) is 13.2 Å². The quantitative estimate of drug-likeness (QED) is 0.742. The number of alkyl halides is 1. The van der Waals surface area contributed by atoms with Crippen molar-refractivity contribution >= 4 is 31.9 Å². The number of hydrogen-bond acceptors (Lipinski definition) is 2. The molecule has 13 heavy (non-hydrogen) atoms. The molecule has 1 aliphatic heterocycles. The molecule has 1 aliphatic rings. The summed E-state index contributed by atoms with van der Waals surface area (Å²) in [6.07, 6.45) is 0. The Labute approximate surface area is 93.5 Å². The molecule has 0 amide bonds. The van der Waals surface area contributed by atoms with Gasteiger partial charge in [-0.05, 0) is 22.0 Å². The molecule has 70 valence electrons. The van der Waals surface area contributed by atoms with Gasteiger partial charge in [-0.25, -0.2) is 0 Å². The van der Waals surface area contributed by atoms with Gasteiger partial charge in [0.15, 0.2) is 11.5 Å². The molecule has 0 spiro atoms. The maximum atomic E-state index is 5.54. The van der Waals surface area contributed by atoms with E-state index in [4.69, 9.17) is 9.47 Å². The molecule has 4 heteroatoms. The monoisotopic (exact) mass is 306 g/mol. The first kappa shape index (κ1) is 9.34. The molecule has 1 heterocycles. The van der Waals surface area contributed by atoms with Gasteiger partial charge in [-0.2, -0.15) is 0 Å². The highest BCUT2D eigenvalue weighted by Gasteiger charge is 2.17. The molecule has 2 nitrogen and oxygen atoms in total. The van der Waals surface area contributed by atoms with E-state index in [0.717, 1.165) is 26.9 Å². The first-order chi connectivity index (χ1) is 6.33. The molecule has 0 saturated heterocycles. The second-order valence-electron chi connectivity index (χ2n) is 2.70. The van der Waals surface area contributed by atoms with Gasteiger partial charge >= 0.3 is 0 Å². The van der Waals surface area contributed by atoms with Crippen LogP contribution in [0.15, 0.2) is 16.6 Å². The topological polar surface area (TPSA) is 18.5 Å². The lowest BCUT2D eigenvalue weighted by Crippen LogP contribution is -2.16. The predicted molar refractivity (Wildman–Crippen MR) is 57.8 cm³/mol. The summed E-state index contributed by atoms with van der Waals surface area (Å²) in [7, 11) is 0. The lowest BCUT2D eigenvalue weighted by molar-refractivity contribution is 0.169. The maximum Gasteiger partial charge on any atom is 0.175 e. The van der Waals surface area contributed by atoms with Crippen LogP contribution in [0.5, 0.6) is 11.5 Å². The van der Waals surface area contributed by atoms with Gasteiger partial charge in [0, 0.05) is 10.9 Å². The van der Waals surface area contributed by atoms with Crippen molar-refractivity contribution in [2.75, 3.05) is 13.2 Å². The van der Waals surface area contributed by atoms with E-state index in [1.165, 1.54) is 0 Å². The van der Waals surface area contributed by atoms with Crippen molar-refractivity contribution in [1.29, 1.82) is 0 Å². The highest BCUT2D eigenvalue weighted by molar-refractivity contribution is 9.10. The lowest BCUT2D eigenvalue weighted by Gasteiger charge is -2.21. The average Bonchev–Trinajstić information content (AvgIpc) is 2.19. The van der Waals surface area contributed by atoms with Crippen molar-refractivity contribution in [1.82, 2.24) is 0 Å². The third-order valence-electron chi connectivity index (χ3n) is 1.87. The number of fused-ring (bicyclic) bond motifs is 1. The van der Waals surface area contributed by atoms with Crippen LogP contribution in [-0.2, 0) is 5.33 Å². The minimum absolute atomic E-state index is 0.622. The van der Waals surface area contributed by atoms with Crippen LogP contribution in [0.4, 0.5) is 0 Å². The summed E-state index contributed by atoms with van der Waals surface area (Å²) < 4.78 is 12.0. The zero-order valence-electron chi connectivity index (χ0n) is 6.85. The standard InChI is InChI=1S/C9H8Br2O2/c10-5-6-1-2-7(11)9-8(6)12-3-4-13-9/h1-2H,3-5H2. The van der Waals surface area contributed by atoms with Crippen LogP contribution in [0.3, 0.4) is 0 Å². The summed E-state index contributed by atoms with van der Waals surface area (Å²) in [5.74, 6) is 1.68. The third kappa shape index (κ3) is 1.70. The molecule has 0 saturated carbocycles. The van der Waals surface area contributed by atoms with Crippen LogP contribution in [0.1, 0.15) is 5.56 Å². The van der Waals surface area contributed by atoms with Crippen molar-refractivity contribution in [3.63, 3.8) is 0 Å². The van der Waals surface area contributed by atoms with E-state index in [9.17, 15) is 0 Å². The molecule has 0 aromatic heterocycles. The summed E-state index contributed by atoms with van der Waals surface area (Å²) in [5, 5.41) is 0.784. The van der Waals surface area contributed by atoms with Gasteiger partial charge in [0.2, 0.25) is 0 Å². The molecule has 0 N–H and O–H groups in total. The zero-order chi connectivity index (χ0) is 9.26. The number of hydrogen-bond donors (Lipinski definition) is 0. The summed E-state index contributed by atoms with van der Waals surface area (Å²) in [6.45, 7) is 1.25.